The first kappa shape index (κ1) is 63.4. The van der Waals surface area contributed by atoms with E-state index in [0.717, 1.165) is 27.1 Å². The number of nitrogens with two attached hydrogens (primary N) is 2. The van der Waals surface area contributed by atoms with Gasteiger partial charge in [0, 0.05) is 54.1 Å². The van der Waals surface area contributed by atoms with Gasteiger partial charge in [0.2, 0.25) is 41.4 Å². The fourth-order valence-corrected chi connectivity index (χ4v) is 11.0. The van der Waals surface area contributed by atoms with Gasteiger partial charge in [0.15, 0.2) is 0 Å². The second-order valence-corrected chi connectivity index (χ2v) is 22.2. The molecular formula is C55H71N13O12S2. The normalized spacial score (nSPS) is 21.2. The number of aliphatic hydroxyl groups excluding tert-OH is 3. The van der Waals surface area contributed by atoms with Crippen molar-refractivity contribution in [2.45, 2.75) is 113 Å². The van der Waals surface area contributed by atoms with E-state index in [4.69, 9.17) is 11.6 Å². The lowest BCUT2D eigenvalue weighted by molar-refractivity contribution is -0.136. The number of rotatable bonds is 20. The van der Waals surface area contributed by atoms with Crippen LogP contribution in [0.15, 0.2) is 103 Å². The van der Waals surface area contributed by atoms with Crippen LogP contribution in [0.1, 0.15) is 60.2 Å². The number of carbonyl (C=O) groups excluding carboxylic acids is 8. The Morgan fingerprint density at radius 3 is 2.05 bits per heavy atom. The number of aliphatic hydroxyl groups is 3. The predicted octanol–water partition coefficient (Wildman–Crippen LogP) is -0.948. The largest absolute Gasteiger partial charge is 0.508 e. The molecule has 0 aliphatic carbocycles. The number of amides is 8. The molecule has 2 aromatic heterocycles. The number of aromatic hydroxyl groups is 1. The number of phenolic OH excluding ortho intramolecular Hbond substituents is 1. The molecule has 1 aliphatic rings. The molecule has 25 nitrogen and oxygen atoms in total. The Balaban J connectivity index is 1.43. The van der Waals surface area contributed by atoms with Crippen molar-refractivity contribution in [1.82, 2.24) is 52.5 Å². The standard InChI is InChI=1S/C55H71N13O12S2/c1-30(70)43(27-69)64-54(79)45-29-82-81-28-44(65-51(76)40(22-32-10-4-3-5-11-32)61-48(73)34-17-20-46(68-57)59-25-34)53(78)62-41(23-33-15-18-36(72)19-16-33)50(75)63-42(24-35-26-58-38-13-7-6-12-37(35)38)52(77)60-39(14-8-9-21-56)49(74)67-47(31(2)71)55(80)66-45/h3-7,10-13,15-20,25-26,30-31,39-45,47,58,69-72H,8-9,14,21-24,27-29,56-57H2,1-2H3,(H,59,68)(H,60,77)(H,61,73)(H,62,78)(H,63,75)(H,64,79)(H,65,76)(H,66,80)(H,67,74)/t30-,31-,39+,40-,41-,42-,43-,44+,45+,47+/m1/s1. The summed E-state index contributed by atoms with van der Waals surface area (Å²) in [4.78, 5) is 123. The first-order valence-electron chi connectivity index (χ1n) is 26.5. The van der Waals surface area contributed by atoms with E-state index < -0.39 is 114 Å². The number of anilines is 1. The van der Waals surface area contributed by atoms with Crippen LogP contribution in [0.2, 0.25) is 0 Å². The third-order valence-electron chi connectivity index (χ3n) is 13.4. The van der Waals surface area contributed by atoms with Gasteiger partial charge in [-0.15, -0.1) is 0 Å². The summed E-state index contributed by atoms with van der Waals surface area (Å²) >= 11 is 0. The van der Waals surface area contributed by atoms with Gasteiger partial charge in [0.1, 0.15) is 53.9 Å². The van der Waals surface area contributed by atoms with Crippen molar-refractivity contribution < 1.29 is 58.8 Å². The molecule has 1 fully saturated rings. The molecule has 1 saturated heterocycles. The van der Waals surface area contributed by atoms with Crippen LogP contribution in [-0.4, -0.2) is 163 Å². The number of carbonyl (C=O) groups is 8. The maximum absolute atomic E-state index is 15.0. The Hall–Kier alpha value is -7.79. The summed E-state index contributed by atoms with van der Waals surface area (Å²) < 4.78 is 0. The van der Waals surface area contributed by atoms with E-state index in [0.29, 0.717) is 34.9 Å². The van der Waals surface area contributed by atoms with Crippen LogP contribution < -0.4 is 59.5 Å². The first-order chi connectivity index (χ1) is 39.4. The molecule has 82 heavy (non-hydrogen) atoms. The highest BCUT2D eigenvalue weighted by Gasteiger charge is 2.37. The number of hydrazine groups is 1. The van der Waals surface area contributed by atoms with Crippen LogP contribution in [0, 0.1) is 0 Å². The lowest BCUT2D eigenvalue weighted by Crippen LogP contribution is -2.62. The molecule has 18 N–H and O–H groups in total. The number of pyridine rings is 1. The number of aromatic amines is 1. The predicted molar refractivity (Wildman–Crippen MR) is 309 cm³/mol. The lowest BCUT2D eigenvalue weighted by atomic mass is 10.0. The number of para-hydroxylation sites is 1. The number of unbranched alkanes of at least 4 members (excludes halogenated alkanes) is 1. The summed E-state index contributed by atoms with van der Waals surface area (Å²) in [7, 11) is 1.91. The summed E-state index contributed by atoms with van der Waals surface area (Å²) in [5.41, 5.74) is 10.7. The van der Waals surface area contributed by atoms with Crippen LogP contribution in [-0.2, 0) is 52.8 Å². The van der Waals surface area contributed by atoms with Crippen molar-refractivity contribution in [3.63, 3.8) is 0 Å². The number of hydrogen-bond acceptors (Lipinski definition) is 18. The van der Waals surface area contributed by atoms with Gasteiger partial charge in [0.05, 0.1) is 30.4 Å². The van der Waals surface area contributed by atoms with E-state index in [1.807, 2.05) is 18.2 Å². The van der Waals surface area contributed by atoms with E-state index in [-0.39, 0.29) is 60.9 Å². The quantitative estimate of drug-likeness (QED) is 0.0193. The van der Waals surface area contributed by atoms with E-state index in [1.54, 1.807) is 42.6 Å². The zero-order valence-corrected chi connectivity index (χ0v) is 46.8. The second-order valence-electron chi connectivity index (χ2n) is 19.7. The molecule has 10 atom stereocenters. The number of benzene rings is 3. The smallest absolute Gasteiger partial charge is 0.253 e. The zero-order valence-electron chi connectivity index (χ0n) is 45.1. The third kappa shape index (κ3) is 18.6. The van der Waals surface area contributed by atoms with Crippen molar-refractivity contribution in [1.29, 1.82) is 0 Å². The van der Waals surface area contributed by atoms with Crippen LogP contribution in [0.4, 0.5) is 5.82 Å². The highest BCUT2D eigenvalue weighted by Crippen LogP contribution is 2.25. The SMILES string of the molecule is C[C@@H](O)[C@@H]1NC(=O)[C@H](CCCCN)NC(=O)[C@@H](Cc2c[nH]c3ccccc23)NC(=O)[C@@H](Cc2ccc(O)cc2)NC(=O)[C@@H](NC(=O)[C@@H](Cc2ccccc2)NC(=O)c2ccc(NN)nc2)CSSC[C@@H](C(=O)N[C@H](CO)[C@@H](C)O)NC1=O. The van der Waals surface area contributed by atoms with Gasteiger partial charge >= 0.3 is 0 Å². The summed E-state index contributed by atoms with van der Waals surface area (Å²) in [6.07, 6.45) is 0.361. The average molecular weight is 1170 g/mol. The Labute approximate surface area is 480 Å². The number of nitrogens with zero attached hydrogens (tertiary/aromatic N) is 1. The highest BCUT2D eigenvalue weighted by atomic mass is 33.1. The molecule has 0 saturated carbocycles. The van der Waals surface area contributed by atoms with Crippen LogP contribution in [0.3, 0.4) is 0 Å². The molecule has 1 aliphatic heterocycles. The van der Waals surface area contributed by atoms with E-state index in [1.165, 1.54) is 56.4 Å². The molecule has 3 aromatic carbocycles. The monoisotopic (exact) mass is 1170 g/mol. The van der Waals surface area contributed by atoms with Gasteiger partial charge in [0.25, 0.3) is 5.91 Å². The second kappa shape index (κ2) is 31.4. The van der Waals surface area contributed by atoms with Gasteiger partial charge in [-0.2, -0.15) is 0 Å². The Kier molecular flexibility index (Phi) is 24.3. The number of nitrogen functional groups attached to an aromatic ring is 1. The summed E-state index contributed by atoms with van der Waals surface area (Å²) in [5.74, 6) is -1.90. The number of fused-ring (bicyclic) bond motifs is 1. The lowest BCUT2D eigenvalue weighted by Gasteiger charge is -2.29. The van der Waals surface area contributed by atoms with Crippen molar-refractivity contribution >= 4 is 85.6 Å². The number of H-pyrrole nitrogens is 1. The van der Waals surface area contributed by atoms with Crippen LogP contribution in [0.5, 0.6) is 5.75 Å². The van der Waals surface area contributed by atoms with Crippen LogP contribution in [0.25, 0.3) is 10.9 Å². The Morgan fingerprint density at radius 2 is 1.39 bits per heavy atom. The minimum Gasteiger partial charge on any atom is -0.508 e. The maximum atomic E-state index is 15.0. The molecule has 5 aromatic rings. The van der Waals surface area contributed by atoms with Gasteiger partial charge in [-0.3, -0.25) is 38.4 Å². The minimum atomic E-state index is -1.72. The van der Waals surface area contributed by atoms with Gasteiger partial charge in [-0.05, 0) is 86.7 Å². The minimum absolute atomic E-state index is 0.0171. The molecular weight excluding hydrogens is 1100 g/mol. The summed E-state index contributed by atoms with van der Waals surface area (Å²) in [5, 5.41) is 63.6. The Morgan fingerprint density at radius 1 is 0.732 bits per heavy atom. The maximum Gasteiger partial charge on any atom is 0.253 e. The fraction of sp³-hybridized carbons (Fsp3) is 0.400. The molecule has 0 radical (unpaired) electrons. The van der Waals surface area contributed by atoms with Gasteiger partial charge in [-0.1, -0.05) is 82.3 Å². The molecule has 8 amide bonds. The van der Waals surface area contributed by atoms with Crippen molar-refractivity contribution in [3.8, 4) is 5.75 Å². The number of aromatic nitrogens is 2. The number of phenols is 1. The van der Waals surface area contributed by atoms with Crippen molar-refractivity contribution in [3.05, 3.63) is 126 Å². The van der Waals surface area contributed by atoms with Crippen molar-refractivity contribution in [2.24, 2.45) is 11.6 Å². The van der Waals surface area contributed by atoms with E-state index in [2.05, 4.69) is 57.9 Å². The van der Waals surface area contributed by atoms with Crippen LogP contribution >= 0.6 is 21.6 Å². The molecule has 6 rings (SSSR count). The van der Waals surface area contributed by atoms with E-state index >= 15 is 0 Å². The first-order valence-corrected chi connectivity index (χ1v) is 29.0. The molecule has 27 heteroatoms. The molecule has 3 heterocycles. The van der Waals surface area contributed by atoms with Crippen molar-refractivity contribution in [2.75, 3.05) is 30.1 Å². The number of hydrogen-bond donors (Lipinski definition) is 16. The average Bonchev–Trinajstić information content (AvgIpc) is 4.10. The van der Waals surface area contributed by atoms with Gasteiger partial charge < -0.3 is 79.1 Å². The fourth-order valence-electron chi connectivity index (χ4n) is 8.69. The third-order valence-corrected chi connectivity index (χ3v) is 15.8. The van der Waals surface area contributed by atoms with E-state index in [9.17, 15) is 58.8 Å². The molecule has 440 valence electrons. The summed E-state index contributed by atoms with van der Waals surface area (Å²) in [6.45, 7) is 2.09. The van der Waals surface area contributed by atoms with Gasteiger partial charge in [-0.25, -0.2) is 10.8 Å². The Bertz CT molecular complexity index is 2960. The molecule has 0 unspecified atom stereocenters. The highest BCUT2D eigenvalue weighted by molar-refractivity contribution is 8.76. The zero-order chi connectivity index (χ0) is 59.3. The molecule has 0 bridgehead atoms. The summed E-state index contributed by atoms with van der Waals surface area (Å²) in [6, 6.07) is 13.1. The number of nitrogens with one attached hydrogen (secondary N) is 10. The topological polar surface area (TPSA) is 406 Å². The molecule has 0 spiro atoms.